The molecule has 2 unspecified atom stereocenters. The highest BCUT2D eigenvalue weighted by Crippen LogP contribution is 2.31. The van der Waals surface area contributed by atoms with Gasteiger partial charge in [0.25, 0.3) is 0 Å². The lowest BCUT2D eigenvalue weighted by atomic mass is 9.83. The molecule has 0 radical (unpaired) electrons. The van der Waals surface area contributed by atoms with Gasteiger partial charge >= 0.3 is 0 Å². The summed E-state index contributed by atoms with van der Waals surface area (Å²) in [7, 11) is 0. The monoisotopic (exact) mass is 158 g/mol. The van der Waals surface area contributed by atoms with Crippen molar-refractivity contribution in [2.24, 2.45) is 11.3 Å². The van der Waals surface area contributed by atoms with Crippen molar-refractivity contribution in [2.75, 3.05) is 13.2 Å². The molecule has 66 valence electrons. The molecule has 1 fully saturated rings. The van der Waals surface area contributed by atoms with Crippen molar-refractivity contribution < 1.29 is 9.84 Å². The van der Waals surface area contributed by atoms with Crippen LogP contribution in [0, 0.1) is 11.3 Å². The first kappa shape index (κ1) is 9.01. The third kappa shape index (κ3) is 2.46. The van der Waals surface area contributed by atoms with Crippen LogP contribution in [0.1, 0.15) is 27.2 Å². The van der Waals surface area contributed by atoms with Crippen molar-refractivity contribution in [2.45, 2.75) is 33.3 Å². The molecular formula is C9H18O2. The summed E-state index contributed by atoms with van der Waals surface area (Å²) >= 11 is 0. The molecule has 0 aliphatic carbocycles. The Hall–Kier alpha value is -0.0800. The Bertz CT molecular complexity index is 124. The highest BCUT2D eigenvalue weighted by molar-refractivity contribution is 4.82. The summed E-state index contributed by atoms with van der Waals surface area (Å²) in [5.74, 6) is 0.397. The van der Waals surface area contributed by atoms with Crippen LogP contribution in [0.15, 0.2) is 0 Å². The first-order valence-electron chi connectivity index (χ1n) is 4.25. The summed E-state index contributed by atoms with van der Waals surface area (Å²) < 4.78 is 5.35. The van der Waals surface area contributed by atoms with Crippen LogP contribution in [-0.2, 0) is 4.74 Å². The van der Waals surface area contributed by atoms with Gasteiger partial charge in [-0.25, -0.2) is 0 Å². The average Bonchev–Trinajstić information content (AvgIpc) is 1.80. The van der Waals surface area contributed by atoms with E-state index in [2.05, 4.69) is 20.8 Å². The quantitative estimate of drug-likeness (QED) is 0.658. The van der Waals surface area contributed by atoms with Crippen LogP contribution >= 0.6 is 0 Å². The van der Waals surface area contributed by atoms with Gasteiger partial charge in [-0.1, -0.05) is 20.8 Å². The molecule has 1 N–H and O–H groups in total. The standard InChI is InChI=1S/C9H18O2/c1-9(2,3)4-8-7(5-10)6-11-8/h7-8,10H,4-6H2,1-3H3. The van der Waals surface area contributed by atoms with Crippen molar-refractivity contribution in [1.82, 2.24) is 0 Å². The number of aliphatic hydroxyl groups excluding tert-OH is 1. The molecular weight excluding hydrogens is 140 g/mol. The zero-order valence-corrected chi connectivity index (χ0v) is 7.63. The molecule has 11 heavy (non-hydrogen) atoms. The smallest absolute Gasteiger partial charge is 0.0652 e. The third-order valence-corrected chi connectivity index (χ3v) is 2.10. The molecule has 1 rings (SSSR count). The van der Waals surface area contributed by atoms with E-state index in [1.54, 1.807) is 0 Å². The first-order valence-corrected chi connectivity index (χ1v) is 4.25. The predicted octanol–water partition coefficient (Wildman–Crippen LogP) is 1.43. The van der Waals surface area contributed by atoms with Crippen LogP contribution in [-0.4, -0.2) is 24.4 Å². The second kappa shape index (κ2) is 3.11. The van der Waals surface area contributed by atoms with Crippen LogP contribution in [0.2, 0.25) is 0 Å². The molecule has 2 nitrogen and oxygen atoms in total. The lowest BCUT2D eigenvalue weighted by Gasteiger charge is -2.39. The Morgan fingerprint density at radius 3 is 2.36 bits per heavy atom. The minimum absolute atomic E-state index is 0.279. The highest BCUT2D eigenvalue weighted by Gasteiger charge is 2.34. The van der Waals surface area contributed by atoms with Crippen LogP contribution < -0.4 is 0 Å². The molecule has 2 atom stereocenters. The van der Waals surface area contributed by atoms with Crippen LogP contribution in [0.25, 0.3) is 0 Å². The Balaban J connectivity index is 2.27. The zero-order valence-electron chi connectivity index (χ0n) is 7.63. The zero-order chi connectivity index (χ0) is 8.48. The fraction of sp³-hybridized carbons (Fsp3) is 1.00. The fourth-order valence-corrected chi connectivity index (χ4v) is 1.37. The lowest BCUT2D eigenvalue weighted by molar-refractivity contribution is -0.144. The van der Waals surface area contributed by atoms with Gasteiger partial charge in [0.15, 0.2) is 0 Å². The van der Waals surface area contributed by atoms with E-state index in [1.807, 2.05) is 0 Å². The number of aliphatic hydroxyl groups is 1. The molecule has 0 amide bonds. The summed E-state index contributed by atoms with van der Waals surface area (Å²) in [5, 5.41) is 8.87. The van der Waals surface area contributed by atoms with E-state index >= 15 is 0 Å². The minimum atomic E-state index is 0.279. The second-order valence-corrected chi connectivity index (χ2v) is 4.58. The molecule has 1 saturated heterocycles. The van der Waals surface area contributed by atoms with E-state index in [-0.39, 0.29) is 6.61 Å². The lowest BCUT2D eigenvalue weighted by Crippen LogP contribution is -2.44. The van der Waals surface area contributed by atoms with Crippen LogP contribution in [0.5, 0.6) is 0 Å². The van der Waals surface area contributed by atoms with Gasteiger partial charge < -0.3 is 9.84 Å². The van der Waals surface area contributed by atoms with Crippen molar-refractivity contribution in [3.8, 4) is 0 Å². The largest absolute Gasteiger partial charge is 0.396 e. The van der Waals surface area contributed by atoms with Crippen LogP contribution in [0.4, 0.5) is 0 Å². The maximum absolute atomic E-state index is 8.87. The fourth-order valence-electron chi connectivity index (χ4n) is 1.37. The molecule has 0 aromatic rings. The first-order chi connectivity index (χ1) is 5.03. The topological polar surface area (TPSA) is 29.5 Å². The Morgan fingerprint density at radius 1 is 1.45 bits per heavy atom. The van der Waals surface area contributed by atoms with Crippen LogP contribution in [0.3, 0.4) is 0 Å². The summed E-state index contributed by atoms with van der Waals surface area (Å²) in [4.78, 5) is 0. The molecule has 1 aliphatic rings. The van der Waals surface area contributed by atoms with Gasteiger partial charge in [0.05, 0.1) is 19.3 Å². The molecule has 0 aromatic heterocycles. The van der Waals surface area contributed by atoms with Crippen molar-refractivity contribution >= 4 is 0 Å². The Kier molecular flexibility index (Phi) is 2.55. The maximum Gasteiger partial charge on any atom is 0.0652 e. The Labute approximate surface area is 68.6 Å². The minimum Gasteiger partial charge on any atom is -0.396 e. The molecule has 0 saturated carbocycles. The summed E-state index contributed by atoms with van der Waals surface area (Å²) in [6, 6.07) is 0. The van der Waals surface area contributed by atoms with Gasteiger partial charge in [0.1, 0.15) is 0 Å². The maximum atomic E-state index is 8.87. The van der Waals surface area contributed by atoms with Gasteiger partial charge in [-0.05, 0) is 11.8 Å². The van der Waals surface area contributed by atoms with Gasteiger partial charge in [0, 0.05) is 5.92 Å². The van der Waals surface area contributed by atoms with Crippen molar-refractivity contribution in [3.63, 3.8) is 0 Å². The van der Waals surface area contributed by atoms with Gasteiger partial charge in [0.2, 0.25) is 0 Å². The van der Waals surface area contributed by atoms with E-state index < -0.39 is 0 Å². The molecule has 2 heteroatoms. The van der Waals surface area contributed by atoms with Crippen molar-refractivity contribution in [1.29, 1.82) is 0 Å². The number of ether oxygens (including phenoxy) is 1. The van der Waals surface area contributed by atoms with Gasteiger partial charge in [-0.3, -0.25) is 0 Å². The summed E-state index contributed by atoms with van der Waals surface area (Å²) in [6.45, 7) is 7.62. The number of rotatable bonds is 2. The number of hydrogen-bond acceptors (Lipinski definition) is 2. The molecule has 0 spiro atoms. The highest BCUT2D eigenvalue weighted by atomic mass is 16.5. The Morgan fingerprint density at radius 2 is 2.09 bits per heavy atom. The normalized spacial score (nSPS) is 31.6. The predicted molar refractivity (Wildman–Crippen MR) is 44.4 cm³/mol. The molecule has 0 bridgehead atoms. The third-order valence-electron chi connectivity index (χ3n) is 2.10. The molecule has 0 aromatic carbocycles. The van der Waals surface area contributed by atoms with E-state index in [1.165, 1.54) is 0 Å². The summed E-state index contributed by atoms with van der Waals surface area (Å²) in [5.41, 5.74) is 0.318. The van der Waals surface area contributed by atoms with Gasteiger partial charge in [-0.2, -0.15) is 0 Å². The molecule has 1 heterocycles. The van der Waals surface area contributed by atoms with E-state index in [9.17, 15) is 0 Å². The molecule has 1 aliphatic heterocycles. The van der Waals surface area contributed by atoms with Gasteiger partial charge in [-0.15, -0.1) is 0 Å². The number of hydrogen-bond donors (Lipinski definition) is 1. The SMILES string of the molecule is CC(C)(C)CC1OCC1CO. The van der Waals surface area contributed by atoms with E-state index in [4.69, 9.17) is 9.84 Å². The summed E-state index contributed by atoms with van der Waals surface area (Å²) in [6.07, 6.45) is 1.36. The van der Waals surface area contributed by atoms with Crippen molar-refractivity contribution in [3.05, 3.63) is 0 Å². The average molecular weight is 158 g/mol. The second-order valence-electron chi connectivity index (χ2n) is 4.58. The van der Waals surface area contributed by atoms with E-state index in [0.29, 0.717) is 17.4 Å². The van der Waals surface area contributed by atoms with E-state index in [0.717, 1.165) is 13.0 Å².